The van der Waals surface area contributed by atoms with Crippen LogP contribution in [-0.2, 0) is 4.79 Å². The molecule has 4 heteroatoms. The second kappa shape index (κ2) is 5.64. The molecule has 0 aromatic rings. The van der Waals surface area contributed by atoms with Gasteiger partial charge in [-0.15, -0.1) is 0 Å². The number of nitrogens with one attached hydrogen (secondary N) is 2. The van der Waals surface area contributed by atoms with Crippen LogP contribution >= 0.6 is 0 Å². The molecule has 1 aliphatic rings. The molecule has 0 unspecified atom stereocenters. The van der Waals surface area contributed by atoms with E-state index in [1.165, 1.54) is 0 Å². The maximum Gasteiger partial charge on any atom is 0.221 e. The molecule has 1 amide bonds. The van der Waals surface area contributed by atoms with Crippen LogP contribution in [0.4, 0.5) is 0 Å². The zero-order chi connectivity index (χ0) is 12.2. The Bertz CT molecular complexity index is 238. The quantitative estimate of drug-likeness (QED) is 0.738. The number of nitrogens with zero attached hydrogens (tertiary/aromatic N) is 1. The van der Waals surface area contributed by atoms with Crippen molar-refractivity contribution < 1.29 is 4.79 Å². The Morgan fingerprint density at radius 2 is 2.19 bits per heavy atom. The van der Waals surface area contributed by atoms with Crippen molar-refractivity contribution in [2.24, 2.45) is 0 Å². The Morgan fingerprint density at radius 1 is 1.50 bits per heavy atom. The average Bonchev–Trinajstić information content (AvgIpc) is 2.14. The molecular formula is C12H25N3O. The first-order chi connectivity index (χ1) is 7.42. The fourth-order valence-electron chi connectivity index (χ4n) is 2.07. The molecule has 0 aromatic carbocycles. The molecule has 0 radical (unpaired) electrons. The predicted molar refractivity (Wildman–Crippen MR) is 66.4 cm³/mol. The van der Waals surface area contributed by atoms with Gasteiger partial charge in [0.2, 0.25) is 5.91 Å². The first-order valence-corrected chi connectivity index (χ1v) is 6.17. The van der Waals surface area contributed by atoms with Crippen LogP contribution in [0.15, 0.2) is 0 Å². The minimum Gasteiger partial charge on any atom is -0.354 e. The summed E-state index contributed by atoms with van der Waals surface area (Å²) >= 11 is 0. The normalized spacial score (nSPS) is 21.1. The van der Waals surface area contributed by atoms with E-state index in [-0.39, 0.29) is 17.5 Å². The van der Waals surface area contributed by atoms with Crippen molar-refractivity contribution in [1.29, 1.82) is 0 Å². The first kappa shape index (κ1) is 13.5. The standard InChI is InChI=1S/C12H25N3O/c1-10(2)14-11(16)5-7-15-8-6-13-9-12(15,3)4/h10,13H,5-9H2,1-4H3,(H,14,16). The van der Waals surface area contributed by atoms with Gasteiger partial charge in [0.15, 0.2) is 0 Å². The van der Waals surface area contributed by atoms with Crippen molar-refractivity contribution in [3.05, 3.63) is 0 Å². The van der Waals surface area contributed by atoms with E-state index < -0.39 is 0 Å². The molecular weight excluding hydrogens is 202 g/mol. The van der Waals surface area contributed by atoms with Crippen LogP contribution in [0.2, 0.25) is 0 Å². The van der Waals surface area contributed by atoms with Gasteiger partial charge < -0.3 is 10.6 Å². The highest BCUT2D eigenvalue weighted by Crippen LogP contribution is 2.16. The van der Waals surface area contributed by atoms with Crippen LogP contribution in [0.1, 0.15) is 34.1 Å². The predicted octanol–water partition coefficient (Wildman–Crippen LogP) is 0.585. The molecule has 16 heavy (non-hydrogen) atoms. The van der Waals surface area contributed by atoms with Crippen molar-refractivity contribution in [2.45, 2.75) is 45.7 Å². The Hall–Kier alpha value is -0.610. The van der Waals surface area contributed by atoms with E-state index >= 15 is 0 Å². The highest BCUT2D eigenvalue weighted by molar-refractivity contribution is 5.76. The summed E-state index contributed by atoms with van der Waals surface area (Å²) in [6, 6.07) is 0.239. The SMILES string of the molecule is CC(C)NC(=O)CCN1CCNCC1(C)C. The zero-order valence-corrected chi connectivity index (χ0v) is 11.0. The monoisotopic (exact) mass is 227 g/mol. The number of rotatable bonds is 4. The van der Waals surface area contributed by atoms with Gasteiger partial charge in [-0.1, -0.05) is 0 Å². The van der Waals surface area contributed by atoms with Crippen LogP contribution in [-0.4, -0.2) is 48.6 Å². The van der Waals surface area contributed by atoms with Crippen LogP contribution in [0.3, 0.4) is 0 Å². The van der Waals surface area contributed by atoms with E-state index in [0.29, 0.717) is 6.42 Å². The van der Waals surface area contributed by atoms with E-state index in [1.807, 2.05) is 13.8 Å². The van der Waals surface area contributed by atoms with Gasteiger partial charge in [-0.25, -0.2) is 0 Å². The lowest BCUT2D eigenvalue weighted by Gasteiger charge is -2.42. The molecule has 4 nitrogen and oxygen atoms in total. The summed E-state index contributed by atoms with van der Waals surface area (Å²) in [6.07, 6.45) is 0.599. The summed E-state index contributed by atoms with van der Waals surface area (Å²) in [6.45, 7) is 12.3. The second-order valence-corrected chi connectivity index (χ2v) is 5.45. The third-order valence-electron chi connectivity index (χ3n) is 3.03. The molecule has 1 aliphatic heterocycles. The summed E-state index contributed by atoms with van der Waals surface area (Å²) in [4.78, 5) is 13.9. The third kappa shape index (κ3) is 4.10. The number of amides is 1. The van der Waals surface area contributed by atoms with Gasteiger partial charge >= 0.3 is 0 Å². The number of carbonyl (C=O) groups excluding carboxylic acids is 1. The van der Waals surface area contributed by atoms with E-state index in [1.54, 1.807) is 0 Å². The minimum absolute atomic E-state index is 0.157. The molecule has 1 rings (SSSR count). The highest BCUT2D eigenvalue weighted by Gasteiger charge is 2.29. The molecule has 1 saturated heterocycles. The maximum atomic E-state index is 11.6. The van der Waals surface area contributed by atoms with E-state index in [9.17, 15) is 4.79 Å². The van der Waals surface area contributed by atoms with Crippen molar-refractivity contribution in [3.8, 4) is 0 Å². The molecule has 1 heterocycles. The Kier molecular flexibility index (Phi) is 4.74. The Labute approximate surface area is 98.8 Å². The highest BCUT2D eigenvalue weighted by atomic mass is 16.1. The number of piperazine rings is 1. The van der Waals surface area contributed by atoms with Crippen molar-refractivity contribution in [3.63, 3.8) is 0 Å². The lowest BCUT2D eigenvalue weighted by molar-refractivity contribution is -0.122. The fraction of sp³-hybridized carbons (Fsp3) is 0.917. The molecule has 0 aliphatic carbocycles. The third-order valence-corrected chi connectivity index (χ3v) is 3.03. The number of hydrogen-bond acceptors (Lipinski definition) is 3. The Balaban J connectivity index is 2.33. The molecule has 0 saturated carbocycles. The first-order valence-electron chi connectivity index (χ1n) is 6.17. The summed E-state index contributed by atoms with van der Waals surface area (Å²) < 4.78 is 0. The van der Waals surface area contributed by atoms with Crippen LogP contribution < -0.4 is 10.6 Å². The topological polar surface area (TPSA) is 44.4 Å². The van der Waals surface area contributed by atoms with Crippen LogP contribution in [0.25, 0.3) is 0 Å². The lowest BCUT2D eigenvalue weighted by atomic mass is 10.00. The van der Waals surface area contributed by atoms with Gasteiger partial charge in [-0.05, 0) is 27.7 Å². The van der Waals surface area contributed by atoms with E-state index in [0.717, 1.165) is 26.2 Å². The summed E-state index contributed by atoms with van der Waals surface area (Å²) in [7, 11) is 0. The lowest BCUT2D eigenvalue weighted by Crippen LogP contribution is -2.58. The average molecular weight is 227 g/mol. The zero-order valence-electron chi connectivity index (χ0n) is 11.0. The minimum atomic E-state index is 0.157. The van der Waals surface area contributed by atoms with Gasteiger partial charge in [0, 0.05) is 44.2 Å². The molecule has 0 spiro atoms. The van der Waals surface area contributed by atoms with Crippen molar-refractivity contribution in [1.82, 2.24) is 15.5 Å². The molecule has 2 N–H and O–H groups in total. The van der Waals surface area contributed by atoms with E-state index in [2.05, 4.69) is 29.4 Å². The van der Waals surface area contributed by atoms with Gasteiger partial charge in [0.25, 0.3) is 0 Å². The van der Waals surface area contributed by atoms with E-state index in [4.69, 9.17) is 0 Å². The smallest absolute Gasteiger partial charge is 0.221 e. The molecule has 1 fully saturated rings. The van der Waals surface area contributed by atoms with Gasteiger partial charge in [-0.3, -0.25) is 9.69 Å². The van der Waals surface area contributed by atoms with Gasteiger partial charge in [-0.2, -0.15) is 0 Å². The van der Waals surface area contributed by atoms with Crippen molar-refractivity contribution >= 4 is 5.91 Å². The molecule has 0 aromatic heterocycles. The van der Waals surface area contributed by atoms with Gasteiger partial charge in [0.05, 0.1) is 0 Å². The molecule has 0 bridgehead atoms. The second-order valence-electron chi connectivity index (χ2n) is 5.45. The fourth-order valence-corrected chi connectivity index (χ4v) is 2.07. The summed E-state index contributed by atoms with van der Waals surface area (Å²) in [5, 5.41) is 6.31. The molecule has 0 atom stereocenters. The van der Waals surface area contributed by atoms with Crippen LogP contribution in [0, 0.1) is 0 Å². The maximum absolute atomic E-state index is 11.6. The summed E-state index contributed by atoms with van der Waals surface area (Å²) in [5.41, 5.74) is 0.163. The summed E-state index contributed by atoms with van der Waals surface area (Å²) in [5.74, 6) is 0.157. The molecule has 94 valence electrons. The van der Waals surface area contributed by atoms with Gasteiger partial charge in [0.1, 0.15) is 0 Å². The van der Waals surface area contributed by atoms with Crippen molar-refractivity contribution in [2.75, 3.05) is 26.2 Å². The number of carbonyl (C=O) groups is 1. The number of hydrogen-bond donors (Lipinski definition) is 2. The Morgan fingerprint density at radius 3 is 2.75 bits per heavy atom. The van der Waals surface area contributed by atoms with Crippen LogP contribution in [0.5, 0.6) is 0 Å². The largest absolute Gasteiger partial charge is 0.354 e.